The molecule has 0 N–H and O–H groups in total. The Morgan fingerprint density at radius 1 is 1.25 bits per heavy atom. The summed E-state index contributed by atoms with van der Waals surface area (Å²) in [5.74, 6) is 0. The zero-order valence-corrected chi connectivity index (χ0v) is 9.53. The number of nitrogens with zero attached hydrogens (tertiary/aromatic N) is 1. The molecule has 0 radical (unpaired) electrons. The van der Waals surface area contributed by atoms with Gasteiger partial charge in [0.15, 0.2) is 0 Å². The number of hydrogen-bond donors (Lipinski definition) is 0. The molecule has 16 heavy (non-hydrogen) atoms. The van der Waals surface area contributed by atoms with E-state index in [-0.39, 0.29) is 0 Å². The van der Waals surface area contributed by atoms with Gasteiger partial charge in [-0.15, -0.1) is 0 Å². The molecule has 3 heteroatoms. The van der Waals surface area contributed by atoms with Gasteiger partial charge in [-0.2, -0.15) is 0 Å². The lowest BCUT2D eigenvalue weighted by atomic mass is 10.0. The number of carbonyl (C=O) groups is 1. The molecule has 0 spiro atoms. The zero-order chi connectivity index (χ0) is 11.5. The summed E-state index contributed by atoms with van der Waals surface area (Å²) >= 11 is 6.12. The zero-order valence-electron chi connectivity index (χ0n) is 8.77. The van der Waals surface area contributed by atoms with Crippen LogP contribution in [-0.4, -0.2) is 11.3 Å². The summed E-state index contributed by atoms with van der Waals surface area (Å²) in [5, 5.41) is 0.627. The van der Waals surface area contributed by atoms with Crippen LogP contribution < -0.4 is 0 Å². The normalized spacial score (nSPS) is 10.1. The maximum absolute atomic E-state index is 10.7. The Morgan fingerprint density at radius 2 is 2.06 bits per heavy atom. The average Bonchev–Trinajstić information content (AvgIpc) is 2.31. The Hall–Kier alpha value is -1.67. The van der Waals surface area contributed by atoms with E-state index in [1.54, 1.807) is 30.6 Å². The van der Waals surface area contributed by atoms with Crippen molar-refractivity contribution in [3.8, 4) is 11.1 Å². The fraction of sp³-hybridized carbons (Fsp3) is 0.0769. The molecular formula is C13H10ClNO. The highest BCUT2D eigenvalue weighted by atomic mass is 35.5. The van der Waals surface area contributed by atoms with Crippen molar-refractivity contribution < 1.29 is 4.79 Å². The lowest BCUT2D eigenvalue weighted by Gasteiger charge is -2.07. The van der Waals surface area contributed by atoms with Crippen molar-refractivity contribution in [1.82, 2.24) is 4.98 Å². The highest BCUT2D eigenvalue weighted by Gasteiger charge is 2.07. The van der Waals surface area contributed by atoms with E-state index in [0.29, 0.717) is 10.6 Å². The molecular weight excluding hydrogens is 222 g/mol. The number of rotatable bonds is 2. The molecule has 1 aromatic carbocycles. The first-order valence-corrected chi connectivity index (χ1v) is 5.26. The number of pyridine rings is 1. The van der Waals surface area contributed by atoms with E-state index in [9.17, 15) is 4.79 Å². The summed E-state index contributed by atoms with van der Waals surface area (Å²) in [4.78, 5) is 14.8. The Bertz CT molecular complexity index is 537. The van der Waals surface area contributed by atoms with Gasteiger partial charge < -0.3 is 0 Å². The summed E-state index contributed by atoms with van der Waals surface area (Å²) in [7, 11) is 0. The summed E-state index contributed by atoms with van der Waals surface area (Å²) in [6, 6.07) is 7.12. The van der Waals surface area contributed by atoms with Crippen LogP contribution in [0.5, 0.6) is 0 Å². The highest BCUT2D eigenvalue weighted by molar-refractivity contribution is 6.33. The number of aromatic nitrogens is 1. The summed E-state index contributed by atoms with van der Waals surface area (Å²) in [5.41, 5.74) is 3.50. The minimum atomic E-state index is 0.614. The lowest BCUT2D eigenvalue weighted by molar-refractivity contribution is 0.112. The number of halogens is 1. The molecule has 0 amide bonds. The molecule has 0 aliphatic heterocycles. The van der Waals surface area contributed by atoms with Crippen LogP contribution in [0.15, 0.2) is 36.7 Å². The van der Waals surface area contributed by atoms with E-state index in [1.807, 2.05) is 13.0 Å². The number of aryl methyl sites for hydroxylation is 1. The smallest absolute Gasteiger partial charge is 0.150 e. The molecule has 0 saturated heterocycles. The van der Waals surface area contributed by atoms with Crippen molar-refractivity contribution in [2.45, 2.75) is 6.92 Å². The van der Waals surface area contributed by atoms with Gasteiger partial charge in [0.2, 0.25) is 0 Å². The first-order valence-electron chi connectivity index (χ1n) is 4.88. The van der Waals surface area contributed by atoms with E-state index in [0.717, 1.165) is 23.0 Å². The predicted octanol–water partition coefficient (Wildman–Crippen LogP) is 3.52. The van der Waals surface area contributed by atoms with E-state index < -0.39 is 0 Å². The molecule has 0 unspecified atom stereocenters. The van der Waals surface area contributed by atoms with Crippen molar-refractivity contribution in [1.29, 1.82) is 0 Å². The van der Waals surface area contributed by atoms with Crippen molar-refractivity contribution >= 4 is 17.9 Å². The molecule has 0 aliphatic rings. The van der Waals surface area contributed by atoms with Crippen LogP contribution >= 0.6 is 11.6 Å². The lowest BCUT2D eigenvalue weighted by Crippen LogP contribution is -1.88. The number of carbonyl (C=O) groups excluding carboxylic acids is 1. The largest absolute Gasteiger partial charge is 0.298 e. The minimum absolute atomic E-state index is 0.614. The van der Waals surface area contributed by atoms with Crippen LogP contribution in [0, 0.1) is 6.92 Å². The van der Waals surface area contributed by atoms with Gasteiger partial charge in [-0.05, 0) is 30.7 Å². The molecule has 0 aliphatic carbocycles. The fourth-order valence-electron chi connectivity index (χ4n) is 1.57. The Balaban J connectivity index is 2.63. The molecule has 0 fully saturated rings. The molecule has 1 aromatic heterocycles. The van der Waals surface area contributed by atoms with E-state index in [1.165, 1.54) is 0 Å². The topological polar surface area (TPSA) is 30.0 Å². The maximum Gasteiger partial charge on any atom is 0.150 e. The van der Waals surface area contributed by atoms with Gasteiger partial charge >= 0.3 is 0 Å². The van der Waals surface area contributed by atoms with Crippen molar-refractivity contribution in [3.63, 3.8) is 0 Å². The summed E-state index contributed by atoms with van der Waals surface area (Å²) < 4.78 is 0. The van der Waals surface area contributed by atoms with Gasteiger partial charge in [-0.3, -0.25) is 9.78 Å². The van der Waals surface area contributed by atoms with Gasteiger partial charge in [-0.25, -0.2) is 0 Å². The predicted molar refractivity (Wildman–Crippen MR) is 64.8 cm³/mol. The Morgan fingerprint density at radius 3 is 2.75 bits per heavy atom. The third-order valence-electron chi connectivity index (χ3n) is 2.46. The minimum Gasteiger partial charge on any atom is -0.298 e. The van der Waals surface area contributed by atoms with E-state index >= 15 is 0 Å². The number of hydrogen-bond acceptors (Lipinski definition) is 2. The highest BCUT2D eigenvalue weighted by Crippen LogP contribution is 2.30. The first kappa shape index (κ1) is 10.8. The van der Waals surface area contributed by atoms with Crippen LogP contribution in [0.1, 0.15) is 15.9 Å². The van der Waals surface area contributed by atoms with Crippen LogP contribution in [0.25, 0.3) is 11.1 Å². The molecule has 1 heterocycles. The SMILES string of the molecule is Cc1ccncc1-c1cc(C=O)ccc1Cl. The van der Waals surface area contributed by atoms with E-state index in [4.69, 9.17) is 11.6 Å². The molecule has 0 atom stereocenters. The van der Waals surface area contributed by atoms with Crippen LogP contribution in [-0.2, 0) is 0 Å². The fourth-order valence-corrected chi connectivity index (χ4v) is 1.79. The molecule has 2 aromatic rings. The summed E-state index contributed by atoms with van der Waals surface area (Å²) in [6.07, 6.45) is 4.30. The first-order chi connectivity index (χ1) is 7.72. The molecule has 2 rings (SSSR count). The van der Waals surface area contributed by atoms with Crippen molar-refractivity contribution in [2.75, 3.05) is 0 Å². The molecule has 0 saturated carbocycles. The maximum atomic E-state index is 10.7. The molecule has 80 valence electrons. The Kier molecular flexibility index (Phi) is 3.02. The van der Waals surface area contributed by atoms with Crippen LogP contribution in [0.4, 0.5) is 0 Å². The summed E-state index contributed by atoms with van der Waals surface area (Å²) in [6.45, 7) is 1.99. The molecule has 0 bridgehead atoms. The standard InChI is InChI=1S/C13H10ClNO/c1-9-4-5-15-7-12(9)11-6-10(8-16)2-3-13(11)14/h2-8H,1H3. The second-order valence-corrected chi connectivity index (χ2v) is 3.95. The quantitative estimate of drug-likeness (QED) is 0.741. The van der Waals surface area contributed by atoms with E-state index in [2.05, 4.69) is 4.98 Å². The van der Waals surface area contributed by atoms with Crippen LogP contribution in [0.3, 0.4) is 0 Å². The van der Waals surface area contributed by atoms with Gasteiger partial charge in [0, 0.05) is 34.1 Å². The van der Waals surface area contributed by atoms with Crippen molar-refractivity contribution in [2.24, 2.45) is 0 Å². The second-order valence-electron chi connectivity index (χ2n) is 3.55. The van der Waals surface area contributed by atoms with Gasteiger partial charge in [0.05, 0.1) is 0 Å². The average molecular weight is 232 g/mol. The van der Waals surface area contributed by atoms with Crippen molar-refractivity contribution in [3.05, 3.63) is 52.8 Å². The number of benzene rings is 1. The third-order valence-corrected chi connectivity index (χ3v) is 2.79. The Labute approximate surface area is 98.9 Å². The van der Waals surface area contributed by atoms with Gasteiger partial charge in [0.25, 0.3) is 0 Å². The monoisotopic (exact) mass is 231 g/mol. The second kappa shape index (κ2) is 4.45. The molecule has 2 nitrogen and oxygen atoms in total. The third kappa shape index (κ3) is 1.97. The van der Waals surface area contributed by atoms with Crippen LogP contribution in [0.2, 0.25) is 5.02 Å². The number of aldehydes is 1. The van der Waals surface area contributed by atoms with Gasteiger partial charge in [0.1, 0.15) is 6.29 Å². The van der Waals surface area contributed by atoms with Gasteiger partial charge in [-0.1, -0.05) is 17.7 Å².